The van der Waals surface area contributed by atoms with Crippen molar-refractivity contribution in [2.75, 3.05) is 26.3 Å². The van der Waals surface area contributed by atoms with E-state index in [2.05, 4.69) is 16.7 Å². The lowest BCUT2D eigenvalue weighted by Gasteiger charge is -2.29. The summed E-state index contributed by atoms with van der Waals surface area (Å²) in [6, 6.07) is 13.2. The third-order valence-electron chi connectivity index (χ3n) is 6.63. The summed E-state index contributed by atoms with van der Waals surface area (Å²) < 4.78 is 32.6. The van der Waals surface area contributed by atoms with E-state index in [-0.39, 0.29) is 41.4 Å². The quantitative estimate of drug-likeness (QED) is 0.610. The minimum Gasteiger partial charge on any atom is -0.379 e. The highest BCUT2D eigenvalue weighted by Gasteiger charge is 2.30. The molecule has 0 radical (unpaired) electrons. The average Bonchev–Trinajstić information content (AvgIpc) is 2.87. The first-order chi connectivity index (χ1) is 16.8. The van der Waals surface area contributed by atoms with Gasteiger partial charge in [0.25, 0.3) is 5.91 Å². The Morgan fingerprint density at radius 3 is 2.54 bits per heavy atom. The number of nitrogens with one attached hydrogen (secondary N) is 2. The first kappa shape index (κ1) is 25.3. The Hall–Kier alpha value is -2.75. The highest BCUT2D eigenvalue weighted by atomic mass is 32.2. The SMILES string of the molecule is CC(C)[C@@H](NC(=O)c1cccc(S(=O)(=O)N2CCOCC2)c1)C(=O)NC1CCCc2ccccc21. The second-order valence-electron chi connectivity index (χ2n) is 9.39. The number of benzene rings is 2. The lowest BCUT2D eigenvalue weighted by Crippen LogP contribution is -2.50. The third-order valence-corrected chi connectivity index (χ3v) is 8.52. The fraction of sp³-hybridized carbons (Fsp3) is 0.462. The zero-order chi connectivity index (χ0) is 25.0. The fourth-order valence-electron chi connectivity index (χ4n) is 4.66. The molecular weight excluding hydrogens is 466 g/mol. The van der Waals surface area contributed by atoms with Gasteiger partial charge in [-0.2, -0.15) is 4.31 Å². The second kappa shape index (κ2) is 10.9. The standard InChI is InChI=1S/C26H33N3O5S/c1-18(2)24(26(31)27-23-12-6-8-19-7-3-4-11-22(19)23)28-25(30)20-9-5-10-21(17-20)35(32,33)29-13-15-34-16-14-29/h3-5,7,9-11,17-18,23-24H,6,8,12-16H2,1-2H3,(H,27,31)(H,28,30)/t23?,24-/m1/s1. The molecule has 1 unspecified atom stereocenters. The molecule has 1 aliphatic carbocycles. The van der Waals surface area contributed by atoms with E-state index in [1.54, 1.807) is 12.1 Å². The topological polar surface area (TPSA) is 105 Å². The summed E-state index contributed by atoms with van der Waals surface area (Å²) in [4.78, 5) is 26.4. The third kappa shape index (κ3) is 5.74. The second-order valence-corrected chi connectivity index (χ2v) is 11.3. The lowest BCUT2D eigenvalue weighted by molar-refractivity contribution is -0.124. The number of rotatable bonds is 7. The first-order valence-corrected chi connectivity index (χ1v) is 13.6. The van der Waals surface area contributed by atoms with Gasteiger partial charge in [0.1, 0.15) is 6.04 Å². The van der Waals surface area contributed by atoms with Crippen LogP contribution in [0.5, 0.6) is 0 Å². The van der Waals surface area contributed by atoms with Gasteiger partial charge in [-0.3, -0.25) is 9.59 Å². The highest BCUT2D eigenvalue weighted by Crippen LogP contribution is 2.29. The predicted octanol–water partition coefficient (Wildman–Crippen LogP) is 2.66. The minimum atomic E-state index is -3.73. The molecule has 2 aromatic carbocycles. The summed E-state index contributed by atoms with van der Waals surface area (Å²) in [6.07, 6.45) is 2.84. The Kier molecular flexibility index (Phi) is 7.88. The summed E-state index contributed by atoms with van der Waals surface area (Å²) in [5.41, 5.74) is 2.57. The largest absolute Gasteiger partial charge is 0.379 e. The van der Waals surface area contributed by atoms with Crippen LogP contribution in [-0.2, 0) is 26.0 Å². The first-order valence-electron chi connectivity index (χ1n) is 12.1. The number of fused-ring (bicyclic) bond motifs is 1. The summed E-state index contributed by atoms with van der Waals surface area (Å²) >= 11 is 0. The van der Waals surface area contributed by atoms with Crippen LogP contribution in [-0.4, -0.2) is 56.9 Å². The van der Waals surface area contributed by atoms with Crippen LogP contribution in [0, 0.1) is 5.92 Å². The van der Waals surface area contributed by atoms with Gasteiger partial charge in [0, 0.05) is 18.7 Å². The molecule has 2 aliphatic rings. The molecule has 2 N–H and O–H groups in total. The summed E-state index contributed by atoms with van der Waals surface area (Å²) in [7, 11) is -3.73. The number of carbonyl (C=O) groups is 2. The maximum atomic E-state index is 13.2. The molecule has 1 aliphatic heterocycles. The van der Waals surface area contributed by atoms with Crippen molar-refractivity contribution in [1.82, 2.24) is 14.9 Å². The van der Waals surface area contributed by atoms with Gasteiger partial charge in [-0.05, 0) is 54.5 Å². The Balaban J connectivity index is 1.48. The summed E-state index contributed by atoms with van der Waals surface area (Å²) in [5.74, 6) is -0.882. The Labute approximate surface area is 207 Å². The van der Waals surface area contributed by atoms with Crippen molar-refractivity contribution in [2.24, 2.45) is 5.92 Å². The number of nitrogens with zero attached hydrogens (tertiary/aromatic N) is 1. The van der Waals surface area contributed by atoms with Gasteiger partial charge in [-0.15, -0.1) is 0 Å². The molecule has 0 saturated carbocycles. The van der Waals surface area contributed by atoms with Gasteiger partial charge in [0.05, 0.1) is 24.2 Å². The molecule has 2 atom stereocenters. The van der Waals surface area contributed by atoms with E-state index < -0.39 is 22.0 Å². The van der Waals surface area contributed by atoms with Crippen LogP contribution in [0.2, 0.25) is 0 Å². The molecule has 0 bridgehead atoms. The Morgan fingerprint density at radius 1 is 1.06 bits per heavy atom. The van der Waals surface area contributed by atoms with Crippen LogP contribution in [0.15, 0.2) is 53.4 Å². The Morgan fingerprint density at radius 2 is 1.80 bits per heavy atom. The molecule has 1 heterocycles. The predicted molar refractivity (Wildman–Crippen MR) is 132 cm³/mol. The maximum absolute atomic E-state index is 13.2. The molecule has 35 heavy (non-hydrogen) atoms. The smallest absolute Gasteiger partial charge is 0.251 e. The number of hydrogen-bond acceptors (Lipinski definition) is 5. The van der Waals surface area contributed by atoms with Gasteiger partial charge in [0.15, 0.2) is 0 Å². The van der Waals surface area contributed by atoms with Crippen molar-refractivity contribution in [3.8, 4) is 0 Å². The molecule has 2 aromatic rings. The average molecular weight is 500 g/mol. The number of carbonyl (C=O) groups excluding carboxylic acids is 2. The zero-order valence-electron chi connectivity index (χ0n) is 20.2. The molecule has 1 saturated heterocycles. The molecule has 2 amide bonds. The molecule has 9 heteroatoms. The van der Waals surface area contributed by atoms with Crippen LogP contribution in [0.4, 0.5) is 0 Å². The number of ether oxygens (including phenoxy) is 1. The Bertz CT molecular complexity index is 1180. The van der Waals surface area contributed by atoms with Crippen LogP contribution < -0.4 is 10.6 Å². The molecule has 1 fully saturated rings. The van der Waals surface area contributed by atoms with Gasteiger partial charge >= 0.3 is 0 Å². The van der Waals surface area contributed by atoms with E-state index in [4.69, 9.17) is 4.74 Å². The molecule has 4 rings (SSSR count). The molecule has 8 nitrogen and oxygen atoms in total. The molecule has 0 aromatic heterocycles. The van der Waals surface area contributed by atoms with Gasteiger partial charge in [-0.25, -0.2) is 8.42 Å². The van der Waals surface area contributed by atoms with E-state index >= 15 is 0 Å². The van der Waals surface area contributed by atoms with Crippen molar-refractivity contribution < 1.29 is 22.7 Å². The van der Waals surface area contributed by atoms with E-state index in [0.29, 0.717) is 13.2 Å². The minimum absolute atomic E-state index is 0.0522. The van der Waals surface area contributed by atoms with Crippen LogP contribution in [0.3, 0.4) is 0 Å². The van der Waals surface area contributed by atoms with Gasteiger partial charge < -0.3 is 15.4 Å². The highest BCUT2D eigenvalue weighted by molar-refractivity contribution is 7.89. The number of hydrogen-bond donors (Lipinski definition) is 2. The summed E-state index contributed by atoms with van der Waals surface area (Å²) in [6.45, 7) is 4.99. The van der Waals surface area contributed by atoms with Crippen LogP contribution in [0.1, 0.15) is 54.2 Å². The van der Waals surface area contributed by atoms with E-state index in [0.717, 1.165) is 24.8 Å². The van der Waals surface area contributed by atoms with E-state index in [1.807, 2.05) is 32.0 Å². The normalized spacial score (nSPS) is 19.6. The van der Waals surface area contributed by atoms with Crippen molar-refractivity contribution in [3.05, 3.63) is 65.2 Å². The zero-order valence-corrected chi connectivity index (χ0v) is 21.0. The van der Waals surface area contributed by atoms with E-state index in [9.17, 15) is 18.0 Å². The van der Waals surface area contributed by atoms with Crippen molar-refractivity contribution >= 4 is 21.8 Å². The van der Waals surface area contributed by atoms with Crippen LogP contribution >= 0.6 is 0 Å². The van der Waals surface area contributed by atoms with Gasteiger partial charge in [0.2, 0.25) is 15.9 Å². The fourth-order valence-corrected chi connectivity index (χ4v) is 6.11. The van der Waals surface area contributed by atoms with E-state index in [1.165, 1.54) is 22.0 Å². The summed E-state index contributed by atoms with van der Waals surface area (Å²) in [5, 5.41) is 5.95. The molecule has 188 valence electrons. The number of sulfonamides is 1. The lowest BCUT2D eigenvalue weighted by atomic mass is 9.87. The van der Waals surface area contributed by atoms with Crippen LogP contribution in [0.25, 0.3) is 0 Å². The van der Waals surface area contributed by atoms with Crippen molar-refractivity contribution in [2.45, 2.75) is 50.1 Å². The molecule has 0 spiro atoms. The molecular formula is C26H33N3O5S. The van der Waals surface area contributed by atoms with Crippen molar-refractivity contribution in [3.63, 3.8) is 0 Å². The number of aryl methyl sites for hydroxylation is 1. The maximum Gasteiger partial charge on any atom is 0.251 e. The van der Waals surface area contributed by atoms with Crippen molar-refractivity contribution in [1.29, 1.82) is 0 Å². The monoisotopic (exact) mass is 499 g/mol. The van der Waals surface area contributed by atoms with Gasteiger partial charge in [-0.1, -0.05) is 44.2 Å². The number of morpholine rings is 1. The number of amides is 2.